The van der Waals surface area contributed by atoms with Crippen molar-refractivity contribution in [3.05, 3.63) is 82.6 Å². The fraction of sp³-hybridized carbons (Fsp3) is 0.130. The van der Waals surface area contributed by atoms with Crippen LogP contribution in [0.4, 0.5) is 0 Å². The number of nitrogens with zero attached hydrogens (tertiary/aromatic N) is 3. The van der Waals surface area contributed by atoms with Crippen LogP contribution in [0.3, 0.4) is 0 Å². The monoisotopic (exact) mass is 401 g/mol. The Hall–Kier alpha value is -4.00. The Morgan fingerprint density at radius 2 is 1.87 bits per heavy atom. The van der Waals surface area contributed by atoms with Crippen molar-refractivity contribution in [2.75, 3.05) is 0 Å². The van der Waals surface area contributed by atoms with Crippen LogP contribution in [0.5, 0.6) is 5.75 Å². The van der Waals surface area contributed by atoms with E-state index in [1.54, 1.807) is 19.1 Å². The molecular formula is C23H19N3O4. The first-order valence-electron chi connectivity index (χ1n) is 9.33. The molecule has 2 aromatic heterocycles. The van der Waals surface area contributed by atoms with E-state index in [0.717, 1.165) is 11.1 Å². The number of fused-ring (bicyclic) bond motifs is 1. The molecule has 7 heteroatoms. The highest BCUT2D eigenvalue weighted by atomic mass is 16.5. The van der Waals surface area contributed by atoms with E-state index in [1.807, 2.05) is 55.5 Å². The fourth-order valence-corrected chi connectivity index (χ4v) is 3.03. The zero-order chi connectivity index (χ0) is 21.1. The molecule has 1 N–H and O–H groups in total. The number of benzene rings is 2. The molecule has 0 atom stereocenters. The summed E-state index contributed by atoms with van der Waals surface area (Å²) < 4.78 is 10.5. The third kappa shape index (κ3) is 4.35. The van der Waals surface area contributed by atoms with Crippen molar-refractivity contribution >= 4 is 29.0 Å². The minimum atomic E-state index is -0.971. The van der Waals surface area contributed by atoms with Gasteiger partial charge in [-0.1, -0.05) is 35.0 Å². The highest BCUT2D eigenvalue weighted by molar-refractivity contribution is 6.03. The van der Waals surface area contributed by atoms with E-state index in [4.69, 9.17) is 9.26 Å². The Balaban J connectivity index is 1.51. The van der Waals surface area contributed by atoms with Crippen molar-refractivity contribution in [3.8, 4) is 5.75 Å². The number of aryl methyl sites for hydroxylation is 2. The largest absolute Gasteiger partial charge is 0.485 e. The van der Waals surface area contributed by atoms with Gasteiger partial charge in [0.05, 0.1) is 16.8 Å². The van der Waals surface area contributed by atoms with E-state index in [1.165, 1.54) is 0 Å². The van der Waals surface area contributed by atoms with E-state index >= 15 is 0 Å². The molecule has 0 amide bonds. The number of aromatic carboxylic acids is 1. The van der Waals surface area contributed by atoms with Crippen LogP contribution in [-0.2, 0) is 6.61 Å². The van der Waals surface area contributed by atoms with Gasteiger partial charge in [0, 0.05) is 12.3 Å². The zero-order valence-electron chi connectivity index (χ0n) is 16.5. The number of ether oxygens (including phenoxy) is 1. The summed E-state index contributed by atoms with van der Waals surface area (Å²) in [4.78, 5) is 20.3. The summed E-state index contributed by atoms with van der Waals surface area (Å²) in [6.45, 7) is 3.88. The standard InChI is InChI=1S/C23H19N3O4/c1-14-3-10-21-19(11-14)20(23(27)28)12-17(25-21)7-4-16-5-8-18(9-6-16)29-13-22-24-15(2)30-26-22/h3-12H,13H2,1-2H3,(H,27,28)/b7-4+. The molecule has 0 radical (unpaired) electrons. The van der Waals surface area contributed by atoms with Gasteiger partial charge < -0.3 is 14.4 Å². The van der Waals surface area contributed by atoms with Gasteiger partial charge in [-0.3, -0.25) is 0 Å². The van der Waals surface area contributed by atoms with Gasteiger partial charge in [-0.2, -0.15) is 4.98 Å². The first-order valence-corrected chi connectivity index (χ1v) is 9.33. The minimum absolute atomic E-state index is 0.227. The topological polar surface area (TPSA) is 98.3 Å². The van der Waals surface area contributed by atoms with Crippen LogP contribution in [0.1, 0.15) is 38.9 Å². The van der Waals surface area contributed by atoms with Crippen molar-refractivity contribution < 1.29 is 19.2 Å². The van der Waals surface area contributed by atoms with Crippen molar-refractivity contribution in [2.24, 2.45) is 0 Å². The highest BCUT2D eigenvalue weighted by Gasteiger charge is 2.11. The van der Waals surface area contributed by atoms with Gasteiger partial charge >= 0.3 is 5.97 Å². The van der Waals surface area contributed by atoms with Crippen LogP contribution >= 0.6 is 0 Å². The lowest BCUT2D eigenvalue weighted by molar-refractivity contribution is 0.0699. The molecule has 0 saturated heterocycles. The predicted octanol–water partition coefficient (Wildman–Crippen LogP) is 4.68. The van der Waals surface area contributed by atoms with Crippen molar-refractivity contribution in [3.63, 3.8) is 0 Å². The molecule has 0 aliphatic heterocycles. The van der Waals surface area contributed by atoms with Crippen molar-refractivity contribution in [2.45, 2.75) is 20.5 Å². The predicted molar refractivity (Wildman–Crippen MR) is 112 cm³/mol. The highest BCUT2D eigenvalue weighted by Crippen LogP contribution is 2.22. The Morgan fingerprint density at radius 1 is 1.07 bits per heavy atom. The van der Waals surface area contributed by atoms with Gasteiger partial charge in [-0.25, -0.2) is 9.78 Å². The number of pyridine rings is 1. The molecule has 7 nitrogen and oxygen atoms in total. The Kier molecular flexibility index (Phi) is 5.26. The third-order valence-electron chi connectivity index (χ3n) is 4.48. The van der Waals surface area contributed by atoms with Gasteiger partial charge in [0.1, 0.15) is 5.75 Å². The summed E-state index contributed by atoms with van der Waals surface area (Å²) in [5.41, 5.74) is 3.40. The van der Waals surface area contributed by atoms with Gasteiger partial charge in [0.25, 0.3) is 0 Å². The molecular weight excluding hydrogens is 382 g/mol. The molecule has 0 aliphatic rings. The van der Waals surface area contributed by atoms with E-state index < -0.39 is 5.97 Å². The molecule has 30 heavy (non-hydrogen) atoms. The summed E-state index contributed by atoms with van der Waals surface area (Å²) in [5, 5.41) is 14.0. The maximum absolute atomic E-state index is 11.7. The fourth-order valence-electron chi connectivity index (χ4n) is 3.03. The SMILES string of the molecule is Cc1ccc2nc(/C=C/c3ccc(OCc4noc(C)n4)cc3)cc(C(=O)O)c2c1. The lowest BCUT2D eigenvalue weighted by Crippen LogP contribution is -2.00. The Morgan fingerprint density at radius 3 is 2.57 bits per heavy atom. The second kappa shape index (κ2) is 8.16. The van der Waals surface area contributed by atoms with Crippen LogP contribution in [0, 0.1) is 13.8 Å². The maximum Gasteiger partial charge on any atom is 0.336 e. The number of carboxylic acids is 1. The quantitative estimate of drug-likeness (QED) is 0.501. The summed E-state index contributed by atoms with van der Waals surface area (Å²) in [5.74, 6) is 0.698. The number of carbonyl (C=O) groups is 1. The normalized spacial score (nSPS) is 11.3. The molecule has 0 aliphatic carbocycles. The number of hydrogen-bond donors (Lipinski definition) is 1. The molecule has 2 heterocycles. The second-order valence-corrected chi connectivity index (χ2v) is 6.84. The van der Waals surface area contributed by atoms with Crippen LogP contribution in [0.15, 0.2) is 53.1 Å². The zero-order valence-corrected chi connectivity index (χ0v) is 16.5. The Labute approximate surface area is 172 Å². The number of aromatic nitrogens is 3. The van der Waals surface area contributed by atoms with Gasteiger partial charge in [0.15, 0.2) is 6.61 Å². The molecule has 0 spiro atoms. The van der Waals surface area contributed by atoms with Crippen LogP contribution in [0.25, 0.3) is 23.1 Å². The molecule has 0 bridgehead atoms. The van der Waals surface area contributed by atoms with Crippen LogP contribution in [-0.4, -0.2) is 26.2 Å². The van der Waals surface area contributed by atoms with Crippen LogP contribution in [0.2, 0.25) is 0 Å². The summed E-state index contributed by atoms with van der Waals surface area (Å²) in [6.07, 6.45) is 3.67. The van der Waals surface area contributed by atoms with Gasteiger partial charge in [0.2, 0.25) is 11.7 Å². The van der Waals surface area contributed by atoms with Crippen molar-refractivity contribution in [1.82, 2.24) is 15.1 Å². The summed E-state index contributed by atoms with van der Waals surface area (Å²) in [7, 11) is 0. The molecule has 4 aromatic rings. The second-order valence-electron chi connectivity index (χ2n) is 6.84. The number of carboxylic acid groups (broad SMARTS) is 1. The third-order valence-corrected chi connectivity index (χ3v) is 4.48. The van der Waals surface area contributed by atoms with Gasteiger partial charge in [-0.15, -0.1) is 0 Å². The summed E-state index contributed by atoms with van der Waals surface area (Å²) >= 11 is 0. The van der Waals surface area contributed by atoms with E-state index in [2.05, 4.69) is 15.1 Å². The average molecular weight is 401 g/mol. The lowest BCUT2D eigenvalue weighted by atomic mass is 10.0. The van der Waals surface area contributed by atoms with Crippen LogP contribution < -0.4 is 4.74 Å². The number of hydrogen-bond acceptors (Lipinski definition) is 6. The molecule has 0 fully saturated rings. The summed E-state index contributed by atoms with van der Waals surface area (Å²) in [6, 6.07) is 14.7. The van der Waals surface area contributed by atoms with E-state index in [9.17, 15) is 9.90 Å². The van der Waals surface area contributed by atoms with Crippen molar-refractivity contribution in [1.29, 1.82) is 0 Å². The number of rotatable bonds is 6. The maximum atomic E-state index is 11.7. The first-order chi connectivity index (χ1) is 14.5. The smallest absolute Gasteiger partial charge is 0.336 e. The lowest BCUT2D eigenvalue weighted by Gasteiger charge is -2.06. The molecule has 2 aromatic carbocycles. The molecule has 4 rings (SSSR count). The molecule has 0 unspecified atom stereocenters. The average Bonchev–Trinajstić information content (AvgIpc) is 3.16. The Bertz CT molecular complexity index is 1240. The minimum Gasteiger partial charge on any atom is -0.485 e. The van der Waals surface area contributed by atoms with E-state index in [0.29, 0.717) is 34.1 Å². The molecule has 150 valence electrons. The molecule has 0 saturated carbocycles. The first kappa shape index (κ1) is 19.3. The van der Waals surface area contributed by atoms with Gasteiger partial charge in [-0.05, 0) is 48.9 Å². The van der Waals surface area contributed by atoms with E-state index in [-0.39, 0.29) is 12.2 Å².